The molecule has 0 spiro atoms. The van der Waals surface area contributed by atoms with E-state index in [-0.39, 0.29) is 11.6 Å². The zero-order valence-electron chi connectivity index (χ0n) is 10.3. The lowest BCUT2D eigenvalue weighted by atomic mass is 10.0. The van der Waals surface area contributed by atoms with Gasteiger partial charge in [0.05, 0.1) is 18.7 Å². The van der Waals surface area contributed by atoms with Crippen LogP contribution in [-0.2, 0) is 0 Å². The fourth-order valence-electron chi connectivity index (χ4n) is 1.82. The highest BCUT2D eigenvalue weighted by molar-refractivity contribution is 5.88. The van der Waals surface area contributed by atoms with Gasteiger partial charge in [0, 0.05) is 6.20 Å². The van der Waals surface area contributed by atoms with Crippen LogP contribution >= 0.6 is 0 Å². The van der Waals surface area contributed by atoms with E-state index in [1.165, 1.54) is 13.2 Å². The molecule has 0 aromatic heterocycles. The molecule has 0 amide bonds. The Morgan fingerprint density at radius 2 is 2.17 bits per heavy atom. The van der Waals surface area contributed by atoms with Crippen LogP contribution in [0.4, 0.5) is 0 Å². The van der Waals surface area contributed by atoms with Crippen molar-refractivity contribution in [3.8, 4) is 5.75 Å². The number of allylic oxidation sites excluding steroid dienone is 2. The molecule has 0 aliphatic carbocycles. The molecule has 2 N–H and O–H groups in total. The summed E-state index contributed by atoms with van der Waals surface area (Å²) in [5, 5.41) is 12.3. The van der Waals surface area contributed by atoms with E-state index in [0.29, 0.717) is 5.75 Å². The summed E-state index contributed by atoms with van der Waals surface area (Å²) in [5.74, 6) is -0.409. The van der Waals surface area contributed by atoms with Crippen molar-refractivity contribution in [2.24, 2.45) is 0 Å². The molecule has 0 saturated heterocycles. The Bertz CT molecular complexity index is 532. The van der Waals surface area contributed by atoms with Crippen LogP contribution in [0.15, 0.2) is 42.1 Å². The van der Waals surface area contributed by atoms with Crippen LogP contribution in [0.1, 0.15) is 28.9 Å². The van der Waals surface area contributed by atoms with Crippen LogP contribution < -0.4 is 10.1 Å². The molecule has 0 bridgehead atoms. The molecule has 1 atom stereocenters. The second-order valence-corrected chi connectivity index (χ2v) is 4.19. The monoisotopic (exact) mass is 245 g/mol. The maximum atomic E-state index is 11.1. The van der Waals surface area contributed by atoms with Gasteiger partial charge in [0.1, 0.15) is 5.75 Å². The predicted octanol–water partition coefficient (Wildman–Crippen LogP) is 2.50. The van der Waals surface area contributed by atoms with Gasteiger partial charge in [0.15, 0.2) is 0 Å². The number of methoxy groups -OCH3 is 1. The third-order valence-electron chi connectivity index (χ3n) is 2.81. The highest BCUT2D eigenvalue weighted by atomic mass is 16.5. The van der Waals surface area contributed by atoms with Gasteiger partial charge in [-0.2, -0.15) is 0 Å². The van der Waals surface area contributed by atoms with Gasteiger partial charge in [-0.05, 0) is 36.3 Å². The molecule has 4 heteroatoms. The van der Waals surface area contributed by atoms with Crippen LogP contribution in [-0.4, -0.2) is 18.2 Å². The molecule has 4 nitrogen and oxygen atoms in total. The van der Waals surface area contributed by atoms with Crippen molar-refractivity contribution in [1.82, 2.24) is 5.32 Å². The van der Waals surface area contributed by atoms with Gasteiger partial charge in [0.2, 0.25) is 0 Å². The molecule has 94 valence electrons. The third-order valence-corrected chi connectivity index (χ3v) is 2.81. The molecular formula is C14H15NO3. The van der Waals surface area contributed by atoms with E-state index in [0.717, 1.165) is 11.1 Å². The maximum absolute atomic E-state index is 11.1. The van der Waals surface area contributed by atoms with Crippen LogP contribution in [0, 0.1) is 0 Å². The number of carboxylic acids is 1. The van der Waals surface area contributed by atoms with Gasteiger partial charge in [-0.1, -0.05) is 12.2 Å². The van der Waals surface area contributed by atoms with Gasteiger partial charge >= 0.3 is 5.97 Å². The summed E-state index contributed by atoms with van der Waals surface area (Å²) in [6.45, 7) is 1.99. The molecule has 0 fully saturated rings. The first-order valence-electron chi connectivity index (χ1n) is 5.63. The van der Waals surface area contributed by atoms with Crippen molar-refractivity contribution in [2.45, 2.75) is 13.0 Å². The van der Waals surface area contributed by atoms with E-state index in [4.69, 9.17) is 9.84 Å². The van der Waals surface area contributed by atoms with E-state index in [1.807, 2.05) is 31.3 Å². The lowest BCUT2D eigenvalue weighted by molar-refractivity contribution is 0.0696. The number of aromatic carboxylic acids is 1. The first kappa shape index (κ1) is 12.2. The van der Waals surface area contributed by atoms with Crippen LogP contribution in [0.3, 0.4) is 0 Å². The van der Waals surface area contributed by atoms with Crippen LogP contribution in [0.5, 0.6) is 5.75 Å². The average molecular weight is 245 g/mol. The number of hydrogen-bond donors (Lipinski definition) is 2. The Hall–Kier alpha value is -2.23. The summed E-state index contributed by atoms with van der Waals surface area (Å²) in [6, 6.07) is 4.98. The minimum atomic E-state index is -0.957. The number of ether oxygens (including phenoxy) is 1. The van der Waals surface area contributed by atoms with Crippen molar-refractivity contribution in [1.29, 1.82) is 0 Å². The van der Waals surface area contributed by atoms with E-state index >= 15 is 0 Å². The molecule has 0 unspecified atom stereocenters. The summed E-state index contributed by atoms with van der Waals surface area (Å²) in [5.41, 5.74) is 2.23. The molecule has 0 radical (unpaired) electrons. The molecule has 1 aromatic rings. The van der Waals surface area contributed by atoms with Crippen molar-refractivity contribution >= 4 is 5.97 Å². The fourth-order valence-corrected chi connectivity index (χ4v) is 1.82. The van der Waals surface area contributed by atoms with Crippen LogP contribution in [0.2, 0.25) is 0 Å². The fraction of sp³-hybridized carbons (Fsp3) is 0.214. The molecule has 18 heavy (non-hydrogen) atoms. The second-order valence-electron chi connectivity index (χ2n) is 4.19. The molecule has 0 saturated carbocycles. The van der Waals surface area contributed by atoms with Gasteiger partial charge in [-0.15, -0.1) is 0 Å². The Kier molecular flexibility index (Phi) is 3.37. The lowest BCUT2D eigenvalue weighted by Gasteiger charge is -2.19. The molecule has 1 aromatic carbocycles. The topological polar surface area (TPSA) is 58.6 Å². The Balaban J connectivity index is 2.36. The predicted molar refractivity (Wildman–Crippen MR) is 68.7 cm³/mol. The van der Waals surface area contributed by atoms with Gasteiger partial charge in [0.25, 0.3) is 0 Å². The summed E-state index contributed by atoms with van der Waals surface area (Å²) in [7, 11) is 1.53. The smallest absolute Gasteiger partial charge is 0.335 e. The van der Waals surface area contributed by atoms with Crippen molar-refractivity contribution < 1.29 is 14.6 Å². The molecule has 1 heterocycles. The number of nitrogens with one attached hydrogen (secondary N) is 1. The lowest BCUT2D eigenvalue weighted by Crippen LogP contribution is -2.17. The first-order chi connectivity index (χ1) is 8.60. The quantitative estimate of drug-likeness (QED) is 0.859. The number of dihydropyridines is 1. The van der Waals surface area contributed by atoms with E-state index < -0.39 is 5.97 Å². The number of hydrogen-bond acceptors (Lipinski definition) is 3. The summed E-state index contributed by atoms with van der Waals surface area (Å²) < 4.78 is 5.13. The van der Waals surface area contributed by atoms with Gasteiger partial charge < -0.3 is 15.2 Å². The third kappa shape index (κ3) is 2.53. The minimum Gasteiger partial charge on any atom is -0.497 e. The van der Waals surface area contributed by atoms with Crippen molar-refractivity contribution in [3.05, 3.63) is 53.3 Å². The number of rotatable bonds is 3. The van der Waals surface area contributed by atoms with E-state index in [1.54, 1.807) is 6.07 Å². The minimum absolute atomic E-state index is 0.0260. The molecular weight excluding hydrogens is 230 g/mol. The summed E-state index contributed by atoms with van der Waals surface area (Å²) in [4.78, 5) is 11.1. The zero-order valence-corrected chi connectivity index (χ0v) is 10.3. The molecule has 1 aliphatic heterocycles. The van der Waals surface area contributed by atoms with E-state index in [9.17, 15) is 4.79 Å². The van der Waals surface area contributed by atoms with Gasteiger partial charge in [-0.25, -0.2) is 4.79 Å². The van der Waals surface area contributed by atoms with E-state index in [2.05, 4.69) is 5.32 Å². The SMILES string of the molecule is COc1cc(C(=O)O)cc([C@@H]2C=CC(C)=CN2)c1. The zero-order chi connectivity index (χ0) is 13.1. The number of carboxylic acid groups (broad SMARTS) is 1. The largest absolute Gasteiger partial charge is 0.497 e. The van der Waals surface area contributed by atoms with Gasteiger partial charge in [-0.3, -0.25) is 0 Å². The Morgan fingerprint density at radius 3 is 2.72 bits per heavy atom. The Labute approximate surface area is 106 Å². The average Bonchev–Trinajstić information content (AvgIpc) is 2.39. The summed E-state index contributed by atoms with van der Waals surface area (Å²) >= 11 is 0. The van der Waals surface area contributed by atoms with Crippen molar-refractivity contribution in [3.63, 3.8) is 0 Å². The molecule has 1 aliphatic rings. The first-order valence-corrected chi connectivity index (χ1v) is 5.63. The Morgan fingerprint density at radius 1 is 1.39 bits per heavy atom. The standard InChI is InChI=1S/C14H15NO3/c1-9-3-4-13(15-8-9)10-5-11(14(16)17)7-12(6-10)18-2/h3-8,13,15H,1-2H3,(H,16,17)/t13-/m0/s1. The highest BCUT2D eigenvalue weighted by Crippen LogP contribution is 2.25. The highest BCUT2D eigenvalue weighted by Gasteiger charge is 2.14. The maximum Gasteiger partial charge on any atom is 0.335 e. The number of carbonyl (C=O) groups is 1. The molecule has 2 rings (SSSR count). The summed E-state index contributed by atoms with van der Waals surface area (Å²) in [6.07, 6.45) is 5.90. The number of benzene rings is 1. The van der Waals surface area contributed by atoms with Crippen molar-refractivity contribution in [2.75, 3.05) is 7.11 Å². The van der Waals surface area contributed by atoms with Crippen LogP contribution in [0.25, 0.3) is 0 Å². The normalized spacial score (nSPS) is 17.9. The second kappa shape index (κ2) is 4.96.